The summed E-state index contributed by atoms with van der Waals surface area (Å²) >= 11 is 3.35. The average molecular weight is 341 g/mol. The molecule has 0 heterocycles. The molecule has 0 atom stereocenters. The lowest BCUT2D eigenvalue weighted by molar-refractivity contribution is 0.0716. The van der Waals surface area contributed by atoms with Gasteiger partial charge in [-0.25, -0.2) is 0 Å². The number of anilines is 1. The summed E-state index contributed by atoms with van der Waals surface area (Å²) in [4.78, 5) is 12.4. The van der Waals surface area contributed by atoms with E-state index >= 15 is 0 Å². The van der Waals surface area contributed by atoms with Crippen molar-refractivity contribution in [3.8, 4) is 0 Å². The van der Waals surface area contributed by atoms with Crippen molar-refractivity contribution in [3.63, 3.8) is 0 Å². The van der Waals surface area contributed by atoms with E-state index in [1.165, 1.54) is 0 Å². The second-order valence-electron chi connectivity index (χ2n) is 5.78. The van der Waals surface area contributed by atoms with E-state index in [-0.39, 0.29) is 12.5 Å². The predicted molar refractivity (Wildman–Crippen MR) is 83.5 cm³/mol. The minimum Gasteiger partial charge on any atom is -0.398 e. The highest BCUT2D eigenvalue weighted by Crippen LogP contribution is 2.32. The van der Waals surface area contributed by atoms with Gasteiger partial charge in [0.05, 0.1) is 22.2 Å². The number of aliphatic hydroxyl groups excluding tert-OH is 1. The number of halogens is 1. The lowest BCUT2D eigenvalue weighted by Gasteiger charge is -2.38. The number of carbonyl (C=O) groups is 1. The summed E-state index contributed by atoms with van der Waals surface area (Å²) in [6, 6.07) is 5.22. The maximum Gasteiger partial charge on any atom is 0.253 e. The van der Waals surface area contributed by atoms with Gasteiger partial charge in [-0.2, -0.15) is 0 Å². The molecule has 0 spiro atoms. The molecule has 1 aromatic rings. The molecule has 0 aromatic heterocycles. The van der Waals surface area contributed by atoms with Crippen molar-refractivity contribution < 1.29 is 9.90 Å². The van der Waals surface area contributed by atoms with Gasteiger partial charge < -0.3 is 16.2 Å². The highest BCUT2D eigenvalue weighted by atomic mass is 79.9. The number of hydrogen-bond acceptors (Lipinski definition) is 3. The Morgan fingerprint density at radius 1 is 1.50 bits per heavy atom. The summed E-state index contributed by atoms with van der Waals surface area (Å²) in [5.74, 6) is 0.471. The number of nitrogens with one attached hydrogen (secondary N) is 1. The molecule has 1 aliphatic carbocycles. The van der Waals surface area contributed by atoms with Gasteiger partial charge >= 0.3 is 0 Å². The van der Waals surface area contributed by atoms with E-state index in [4.69, 9.17) is 5.73 Å². The Bertz CT molecular complexity index is 497. The smallest absolute Gasteiger partial charge is 0.253 e. The second-order valence-corrected chi connectivity index (χ2v) is 6.58. The van der Waals surface area contributed by atoms with Crippen molar-refractivity contribution in [3.05, 3.63) is 28.2 Å². The zero-order chi connectivity index (χ0) is 14.8. The molecule has 0 aliphatic heterocycles. The first kappa shape index (κ1) is 15.3. The van der Waals surface area contributed by atoms with E-state index in [9.17, 15) is 9.90 Å². The maximum atomic E-state index is 12.4. The Morgan fingerprint density at radius 2 is 2.15 bits per heavy atom. The number of benzene rings is 1. The topological polar surface area (TPSA) is 75.3 Å². The average Bonchev–Trinajstić information content (AvgIpc) is 2.44. The predicted octanol–water partition coefficient (Wildman–Crippen LogP) is 2.70. The summed E-state index contributed by atoms with van der Waals surface area (Å²) in [5.41, 5.74) is 6.35. The molecular weight excluding hydrogens is 320 g/mol. The van der Waals surface area contributed by atoms with Crippen LogP contribution < -0.4 is 11.1 Å². The third kappa shape index (κ3) is 3.15. The van der Waals surface area contributed by atoms with Crippen LogP contribution in [0, 0.1) is 5.92 Å². The van der Waals surface area contributed by atoms with Crippen LogP contribution in [-0.4, -0.2) is 23.2 Å². The van der Waals surface area contributed by atoms with E-state index in [1.54, 1.807) is 18.2 Å². The summed E-state index contributed by atoms with van der Waals surface area (Å²) in [6.07, 6.45) is 3.69. The van der Waals surface area contributed by atoms with Gasteiger partial charge in [-0.3, -0.25) is 4.79 Å². The van der Waals surface area contributed by atoms with Crippen LogP contribution in [0.3, 0.4) is 0 Å². The standard InChI is InChI=1S/C15H21BrN2O2/c1-10-5-7-15(9-19,8-6-10)18-14(20)11-3-2-4-12(17)13(11)16/h2-4,10,19H,5-9,17H2,1H3,(H,18,20). The van der Waals surface area contributed by atoms with Crippen LogP contribution in [0.25, 0.3) is 0 Å². The van der Waals surface area contributed by atoms with Gasteiger partial charge in [0.15, 0.2) is 0 Å². The number of amides is 1. The van der Waals surface area contributed by atoms with Gasteiger partial charge in [-0.15, -0.1) is 0 Å². The second kappa shape index (κ2) is 6.14. The molecule has 1 amide bonds. The molecule has 4 N–H and O–H groups in total. The third-order valence-corrected chi connectivity index (χ3v) is 5.07. The molecule has 1 aliphatic rings. The van der Waals surface area contributed by atoms with Gasteiger partial charge in [0.2, 0.25) is 0 Å². The largest absolute Gasteiger partial charge is 0.398 e. The minimum absolute atomic E-state index is 0.0224. The van der Waals surface area contributed by atoms with Gasteiger partial charge in [0.25, 0.3) is 5.91 Å². The molecule has 0 bridgehead atoms. The number of aliphatic hydroxyl groups is 1. The summed E-state index contributed by atoms with van der Waals surface area (Å²) in [7, 11) is 0. The lowest BCUT2D eigenvalue weighted by Crippen LogP contribution is -2.53. The van der Waals surface area contributed by atoms with Crippen LogP contribution in [0.1, 0.15) is 43.0 Å². The zero-order valence-corrected chi connectivity index (χ0v) is 13.2. The summed E-state index contributed by atoms with van der Waals surface area (Å²) in [6.45, 7) is 2.18. The van der Waals surface area contributed by atoms with Crippen LogP contribution in [0.4, 0.5) is 5.69 Å². The van der Waals surface area contributed by atoms with Crippen molar-refractivity contribution in [2.75, 3.05) is 12.3 Å². The molecule has 1 fully saturated rings. The minimum atomic E-state index is -0.492. The number of hydrogen-bond donors (Lipinski definition) is 3. The zero-order valence-electron chi connectivity index (χ0n) is 11.7. The molecule has 0 radical (unpaired) electrons. The quantitative estimate of drug-likeness (QED) is 0.740. The van der Waals surface area contributed by atoms with E-state index in [1.807, 2.05) is 0 Å². The van der Waals surface area contributed by atoms with Crippen LogP contribution in [0.15, 0.2) is 22.7 Å². The summed E-state index contributed by atoms with van der Waals surface area (Å²) < 4.78 is 0.606. The van der Waals surface area contributed by atoms with Gasteiger partial charge in [0.1, 0.15) is 0 Å². The fraction of sp³-hybridized carbons (Fsp3) is 0.533. The van der Waals surface area contributed by atoms with Crippen LogP contribution in [-0.2, 0) is 0 Å². The SMILES string of the molecule is CC1CCC(CO)(NC(=O)c2cccc(N)c2Br)CC1. The molecule has 5 heteroatoms. The Kier molecular flexibility index (Phi) is 4.70. The molecule has 20 heavy (non-hydrogen) atoms. The summed E-state index contributed by atoms with van der Waals surface area (Å²) in [5, 5.41) is 12.7. The molecule has 110 valence electrons. The first-order valence-electron chi connectivity index (χ1n) is 6.95. The van der Waals surface area contributed by atoms with E-state index in [2.05, 4.69) is 28.2 Å². The number of nitrogens with two attached hydrogens (primary N) is 1. The number of nitrogen functional groups attached to an aromatic ring is 1. The number of carbonyl (C=O) groups excluding carboxylic acids is 1. The highest BCUT2D eigenvalue weighted by molar-refractivity contribution is 9.10. The highest BCUT2D eigenvalue weighted by Gasteiger charge is 2.35. The third-order valence-electron chi connectivity index (χ3n) is 4.19. The Morgan fingerprint density at radius 3 is 2.75 bits per heavy atom. The molecule has 1 saturated carbocycles. The fourth-order valence-corrected chi connectivity index (χ4v) is 3.12. The Balaban J connectivity index is 2.15. The molecule has 0 unspecified atom stereocenters. The Labute approximate surface area is 127 Å². The fourth-order valence-electron chi connectivity index (χ4n) is 2.67. The van der Waals surface area contributed by atoms with Crippen molar-refractivity contribution in [1.82, 2.24) is 5.32 Å². The monoisotopic (exact) mass is 340 g/mol. The van der Waals surface area contributed by atoms with Crippen LogP contribution >= 0.6 is 15.9 Å². The van der Waals surface area contributed by atoms with Gasteiger partial charge in [0, 0.05) is 5.69 Å². The molecular formula is C15H21BrN2O2. The maximum absolute atomic E-state index is 12.4. The Hall–Kier alpha value is -1.07. The normalized spacial score (nSPS) is 26.2. The van der Waals surface area contributed by atoms with Crippen LogP contribution in [0.5, 0.6) is 0 Å². The lowest BCUT2D eigenvalue weighted by atomic mass is 9.77. The molecule has 0 saturated heterocycles. The number of rotatable bonds is 3. The molecule has 2 rings (SSSR count). The van der Waals surface area contributed by atoms with Gasteiger partial charge in [-0.1, -0.05) is 13.0 Å². The van der Waals surface area contributed by atoms with E-state index in [0.29, 0.717) is 21.6 Å². The van der Waals surface area contributed by atoms with Gasteiger partial charge in [-0.05, 0) is 59.7 Å². The first-order valence-corrected chi connectivity index (χ1v) is 7.74. The van der Waals surface area contributed by atoms with Crippen molar-refractivity contribution in [1.29, 1.82) is 0 Å². The van der Waals surface area contributed by atoms with Crippen molar-refractivity contribution in [2.24, 2.45) is 5.92 Å². The first-order chi connectivity index (χ1) is 9.47. The molecule has 4 nitrogen and oxygen atoms in total. The van der Waals surface area contributed by atoms with E-state index in [0.717, 1.165) is 25.7 Å². The van der Waals surface area contributed by atoms with Crippen molar-refractivity contribution >= 4 is 27.5 Å². The van der Waals surface area contributed by atoms with Crippen molar-refractivity contribution in [2.45, 2.75) is 38.1 Å². The molecule has 1 aromatic carbocycles. The van der Waals surface area contributed by atoms with E-state index < -0.39 is 5.54 Å². The van der Waals surface area contributed by atoms with Crippen LogP contribution in [0.2, 0.25) is 0 Å².